The first-order chi connectivity index (χ1) is 11.1. The van der Waals surface area contributed by atoms with Gasteiger partial charge in [-0.3, -0.25) is 9.59 Å². The van der Waals surface area contributed by atoms with Gasteiger partial charge in [0, 0.05) is 23.9 Å². The summed E-state index contributed by atoms with van der Waals surface area (Å²) in [6.07, 6.45) is 0. The van der Waals surface area contributed by atoms with Crippen LogP contribution < -0.4 is 15.4 Å². The highest BCUT2D eigenvalue weighted by Gasteiger charge is 2.07. The highest BCUT2D eigenvalue weighted by Crippen LogP contribution is 2.18. The van der Waals surface area contributed by atoms with Crippen molar-refractivity contribution in [3.8, 4) is 5.75 Å². The van der Waals surface area contributed by atoms with E-state index in [0.717, 1.165) is 5.56 Å². The Kier molecular flexibility index (Phi) is 5.74. The van der Waals surface area contributed by atoms with Crippen molar-refractivity contribution in [3.63, 3.8) is 0 Å². The second kappa shape index (κ2) is 7.98. The van der Waals surface area contributed by atoms with Gasteiger partial charge >= 0.3 is 0 Å². The molecule has 0 aliphatic heterocycles. The predicted octanol–water partition coefficient (Wildman–Crippen LogP) is 2.76. The lowest BCUT2D eigenvalue weighted by atomic mass is 10.1. The minimum atomic E-state index is -0.186. The number of aryl methyl sites for hydroxylation is 1. The maximum absolute atomic E-state index is 12.2. The molecule has 5 heteroatoms. The summed E-state index contributed by atoms with van der Waals surface area (Å²) in [6, 6.07) is 14.3. The molecule has 0 saturated carbocycles. The van der Waals surface area contributed by atoms with Crippen LogP contribution in [0.25, 0.3) is 0 Å². The van der Waals surface area contributed by atoms with Gasteiger partial charge in [-0.05, 0) is 38.1 Å². The van der Waals surface area contributed by atoms with Crippen LogP contribution in [0.4, 0.5) is 5.69 Å². The Morgan fingerprint density at radius 2 is 1.87 bits per heavy atom. The van der Waals surface area contributed by atoms with E-state index in [9.17, 15) is 9.59 Å². The molecule has 0 aromatic heterocycles. The standard InChI is InChI=1S/C18H20N2O3/c1-3-19-17(21)12-23-16-9-5-8-15(11-16)20-18(22)14-7-4-6-13(2)10-14/h4-11H,3,12H2,1-2H3,(H,19,21)(H,20,22). The average molecular weight is 312 g/mol. The molecule has 0 spiro atoms. The SMILES string of the molecule is CCNC(=O)COc1cccc(NC(=O)c2cccc(C)c2)c1. The van der Waals surface area contributed by atoms with Crippen LogP contribution in [0.15, 0.2) is 48.5 Å². The molecule has 5 nitrogen and oxygen atoms in total. The highest BCUT2D eigenvalue weighted by atomic mass is 16.5. The van der Waals surface area contributed by atoms with Gasteiger partial charge in [0.1, 0.15) is 5.75 Å². The van der Waals surface area contributed by atoms with Crippen molar-refractivity contribution in [1.82, 2.24) is 5.32 Å². The smallest absolute Gasteiger partial charge is 0.257 e. The summed E-state index contributed by atoms with van der Waals surface area (Å²) in [5.74, 6) is 0.162. The third-order valence-electron chi connectivity index (χ3n) is 3.12. The van der Waals surface area contributed by atoms with Gasteiger partial charge in [0.25, 0.3) is 11.8 Å². The lowest BCUT2D eigenvalue weighted by Crippen LogP contribution is -2.28. The molecule has 23 heavy (non-hydrogen) atoms. The second-order valence-electron chi connectivity index (χ2n) is 5.09. The first kappa shape index (κ1) is 16.5. The molecule has 0 heterocycles. The van der Waals surface area contributed by atoms with Crippen LogP contribution in [0.3, 0.4) is 0 Å². The van der Waals surface area contributed by atoms with Gasteiger partial charge in [-0.2, -0.15) is 0 Å². The Balaban J connectivity index is 1.99. The average Bonchev–Trinajstić information content (AvgIpc) is 2.53. The lowest BCUT2D eigenvalue weighted by Gasteiger charge is -2.09. The predicted molar refractivity (Wildman–Crippen MR) is 89.8 cm³/mol. The minimum Gasteiger partial charge on any atom is -0.484 e. The summed E-state index contributed by atoms with van der Waals surface area (Å²) >= 11 is 0. The molecule has 2 rings (SSSR count). The van der Waals surface area contributed by atoms with Crippen molar-refractivity contribution in [2.75, 3.05) is 18.5 Å². The maximum Gasteiger partial charge on any atom is 0.257 e. The number of anilines is 1. The quantitative estimate of drug-likeness (QED) is 0.862. The number of ether oxygens (including phenoxy) is 1. The molecule has 0 aliphatic carbocycles. The number of carbonyl (C=O) groups excluding carboxylic acids is 2. The van der Waals surface area contributed by atoms with Crippen LogP contribution in [-0.4, -0.2) is 25.0 Å². The van der Waals surface area contributed by atoms with E-state index in [0.29, 0.717) is 23.5 Å². The van der Waals surface area contributed by atoms with Gasteiger partial charge in [0.05, 0.1) is 0 Å². The van der Waals surface area contributed by atoms with Crippen LogP contribution in [0.5, 0.6) is 5.75 Å². The fourth-order valence-electron chi connectivity index (χ4n) is 2.05. The van der Waals surface area contributed by atoms with Crippen molar-refractivity contribution in [2.45, 2.75) is 13.8 Å². The molecular weight excluding hydrogens is 292 g/mol. The van der Waals surface area contributed by atoms with Crippen molar-refractivity contribution >= 4 is 17.5 Å². The van der Waals surface area contributed by atoms with E-state index >= 15 is 0 Å². The molecule has 0 aliphatic rings. The topological polar surface area (TPSA) is 67.4 Å². The van der Waals surface area contributed by atoms with E-state index in [1.165, 1.54) is 0 Å². The summed E-state index contributed by atoms with van der Waals surface area (Å²) in [7, 11) is 0. The van der Waals surface area contributed by atoms with Gasteiger partial charge in [-0.1, -0.05) is 23.8 Å². The molecule has 0 radical (unpaired) electrons. The Labute approximate surface area is 135 Å². The number of hydrogen-bond donors (Lipinski definition) is 2. The van der Waals surface area contributed by atoms with E-state index in [4.69, 9.17) is 4.74 Å². The van der Waals surface area contributed by atoms with Crippen molar-refractivity contribution in [3.05, 3.63) is 59.7 Å². The summed E-state index contributed by atoms with van der Waals surface area (Å²) in [6.45, 7) is 4.30. The van der Waals surface area contributed by atoms with Crippen molar-refractivity contribution < 1.29 is 14.3 Å². The van der Waals surface area contributed by atoms with E-state index in [-0.39, 0.29) is 18.4 Å². The Morgan fingerprint density at radius 3 is 2.61 bits per heavy atom. The van der Waals surface area contributed by atoms with Crippen molar-refractivity contribution in [2.24, 2.45) is 0 Å². The van der Waals surface area contributed by atoms with Gasteiger partial charge < -0.3 is 15.4 Å². The zero-order valence-electron chi connectivity index (χ0n) is 13.3. The number of likely N-dealkylation sites (N-methyl/N-ethyl adjacent to an activating group) is 1. The third kappa shape index (κ3) is 5.14. The van der Waals surface area contributed by atoms with E-state index < -0.39 is 0 Å². The largest absolute Gasteiger partial charge is 0.484 e. The lowest BCUT2D eigenvalue weighted by molar-refractivity contribution is -0.122. The molecule has 0 atom stereocenters. The molecule has 0 unspecified atom stereocenters. The maximum atomic E-state index is 12.2. The zero-order chi connectivity index (χ0) is 16.7. The Bertz CT molecular complexity index is 698. The second-order valence-corrected chi connectivity index (χ2v) is 5.09. The zero-order valence-corrected chi connectivity index (χ0v) is 13.3. The molecule has 0 fully saturated rings. The first-order valence-electron chi connectivity index (χ1n) is 7.46. The summed E-state index contributed by atoms with van der Waals surface area (Å²) < 4.78 is 5.40. The molecule has 2 aromatic rings. The monoisotopic (exact) mass is 312 g/mol. The first-order valence-corrected chi connectivity index (χ1v) is 7.46. The van der Waals surface area contributed by atoms with Gasteiger partial charge in [-0.15, -0.1) is 0 Å². The molecule has 0 bridgehead atoms. The van der Waals surface area contributed by atoms with E-state index in [1.54, 1.807) is 30.3 Å². The van der Waals surface area contributed by atoms with Gasteiger partial charge in [-0.25, -0.2) is 0 Å². The number of rotatable bonds is 6. The molecule has 2 N–H and O–H groups in total. The number of nitrogens with one attached hydrogen (secondary N) is 2. The van der Waals surface area contributed by atoms with E-state index in [2.05, 4.69) is 10.6 Å². The molecule has 0 saturated heterocycles. The Morgan fingerprint density at radius 1 is 1.09 bits per heavy atom. The number of hydrogen-bond acceptors (Lipinski definition) is 3. The van der Waals surface area contributed by atoms with Crippen LogP contribution in [0.2, 0.25) is 0 Å². The van der Waals surface area contributed by atoms with E-state index in [1.807, 2.05) is 32.0 Å². The molecule has 2 amide bonds. The van der Waals surface area contributed by atoms with Gasteiger partial charge in [0.15, 0.2) is 6.61 Å². The minimum absolute atomic E-state index is 0.0525. The summed E-state index contributed by atoms with van der Waals surface area (Å²) in [5.41, 5.74) is 2.24. The van der Waals surface area contributed by atoms with Crippen molar-refractivity contribution in [1.29, 1.82) is 0 Å². The molecule has 2 aromatic carbocycles. The van der Waals surface area contributed by atoms with Crippen LogP contribution in [-0.2, 0) is 4.79 Å². The van der Waals surface area contributed by atoms with Crippen LogP contribution in [0.1, 0.15) is 22.8 Å². The number of benzene rings is 2. The summed E-state index contributed by atoms with van der Waals surface area (Å²) in [5, 5.41) is 5.47. The normalized spacial score (nSPS) is 10.0. The molecular formula is C18H20N2O3. The molecule has 120 valence electrons. The number of carbonyl (C=O) groups is 2. The fourth-order valence-corrected chi connectivity index (χ4v) is 2.05. The Hall–Kier alpha value is -2.82. The fraction of sp³-hybridized carbons (Fsp3) is 0.222. The van der Waals surface area contributed by atoms with Crippen LogP contribution >= 0.6 is 0 Å². The number of amides is 2. The third-order valence-corrected chi connectivity index (χ3v) is 3.12. The van der Waals surface area contributed by atoms with Gasteiger partial charge in [0.2, 0.25) is 0 Å². The van der Waals surface area contributed by atoms with Crippen LogP contribution in [0, 0.1) is 6.92 Å². The highest BCUT2D eigenvalue weighted by molar-refractivity contribution is 6.04. The summed E-state index contributed by atoms with van der Waals surface area (Å²) in [4.78, 5) is 23.6.